The molecule has 0 saturated carbocycles. The van der Waals surface area contributed by atoms with Crippen LogP contribution in [0, 0.1) is 0 Å². The molecule has 0 aliphatic carbocycles. The molecule has 0 bridgehead atoms. The zero-order valence-electron chi connectivity index (χ0n) is 13.8. The second-order valence-corrected chi connectivity index (χ2v) is 6.84. The van der Waals surface area contributed by atoms with E-state index in [1.54, 1.807) is 12.1 Å². The fourth-order valence-electron chi connectivity index (χ4n) is 2.27. The van der Waals surface area contributed by atoms with Crippen LogP contribution in [0.5, 0.6) is 5.75 Å². The number of carbonyl (C=O) groups is 1. The van der Waals surface area contributed by atoms with Gasteiger partial charge in [0, 0.05) is 6.92 Å². The highest BCUT2D eigenvalue weighted by Gasteiger charge is 2.18. The number of aryl methyl sites for hydroxylation is 1. The first kappa shape index (κ1) is 17.8. The van der Waals surface area contributed by atoms with Gasteiger partial charge in [0.15, 0.2) is 0 Å². The van der Waals surface area contributed by atoms with Crippen LogP contribution in [0.4, 0.5) is 11.4 Å². The first-order valence-corrected chi connectivity index (χ1v) is 8.92. The molecule has 7 heteroatoms. The standard InChI is InChI=1S/C17H20N2O4S/c1-4-13-7-5-6-8-15(13)19-24(21,22)14-9-10-17(23-3)16(11-14)18-12(2)20/h5-11,19H,4H2,1-3H3,(H,18,20). The van der Waals surface area contributed by atoms with Gasteiger partial charge in [-0.1, -0.05) is 25.1 Å². The molecule has 6 nitrogen and oxygen atoms in total. The number of anilines is 2. The number of hydrogen-bond donors (Lipinski definition) is 2. The Labute approximate surface area is 141 Å². The topological polar surface area (TPSA) is 84.5 Å². The molecule has 0 radical (unpaired) electrons. The summed E-state index contributed by atoms with van der Waals surface area (Å²) >= 11 is 0. The van der Waals surface area contributed by atoms with Crippen molar-refractivity contribution in [3.8, 4) is 5.75 Å². The molecule has 2 aromatic carbocycles. The van der Waals surface area contributed by atoms with Crippen LogP contribution in [0.2, 0.25) is 0 Å². The number of amides is 1. The van der Waals surface area contributed by atoms with Crippen molar-refractivity contribution in [2.45, 2.75) is 25.2 Å². The normalized spacial score (nSPS) is 11.0. The lowest BCUT2D eigenvalue weighted by molar-refractivity contribution is -0.114. The zero-order valence-corrected chi connectivity index (χ0v) is 14.6. The van der Waals surface area contributed by atoms with E-state index in [1.165, 1.54) is 32.2 Å². The first-order chi connectivity index (χ1) is 11.4. The number of para-hydroxylation sites is 1. The third kappa shape index (κ3) is 4.05. The van der Waals surface area contributed by atoms with Crippen LogP contribution < -0.4 is 14.8 Å². The van der Waals surface area contributed by atoms with Crippen LogP contribution in [-0.4, -0.2) is 21.4 Å². The maximum absolute atomic E-state index is 12.6. The lowest BCUT2D eigenvalue weighted by Gasteiger charge is -2.14. The maximum atomic E-state index is 12.6. The van der Waals surface area contributed by atoms with Gasteiger partial charge in [-0.25, -0.2) is 8.42 Å². The summed E-state index contributed by atoms with van der Waals surface area (Å²) in [6.45, 7) is 3.30. The van der Waals surface area contributed by atoms with Gasteiger partial charge in [0.2, 0.25) is 5.91 Å². The smallest absolute Gasteiger partial charge is 0.261 e. The van der Waals surface area contributed by atoms with Crippen LogP contribution in [0.15, 0.2) is 47.4 Å². The van der Waals surface area contributed by atoms with Gasteiger partial charge in [-0.05, 0) is 36.2 Å². The minimum Gasteiger partial charge on any atom is -0.495 e. The molecule has 2 N–H and O–H groups in total. The third-order valence-electron chi connectivity index (χ3n) is 3.43. The van der Waals surface area contributed by atoms with Crippen molar-refractivity contribution in [1.82, 2.24) is 0 Å². The molecular formula is C17H20N2O4S. The minimum atomic E-state index is -3.79. The lowest BCUT2D eigenvalue weighted by Crippen LogP contribution is -2.15. The molecule has 1 amide bonds. The van der Waals surface area contributed by atoms with E-state index in [0.29, 0.717) is 23.5 Å². The summed E-state index contributed by atoms with van der Waals surface area (Å²) < 4.78 is 33.0. The average Bonchev–Trinajstić information content (AvgIpc) is 2.54. The van der Waals surface area contributed by atoms with Crippen molar-refractivity contribution >= 4 is 27.3 Å². The molecule has 0 saturated heterocycles. The van der Waals surface area contributed by atoms with Gasteiger partial charge >= 0.3 is 0 Å². The lowest BCUT2D eigenvalue weighted by atomic mass is 10.1. The van der Waals surface area contributed by atoms with Gasteiger partial charge in [-0.2, -0.15) is 0 Å². The third-order valence-corrected chi connectivity index (χ3v) is 4.80. The van der Waals surface area contributed by atoms with Crippen molar-refractivity contribution in [2.75, 3.05) is 17.1 Å². The van der Waals surface area contributed by atoms with Gasteiger partial charge in [0.1, 0.15) is 5.75 Å². The van der Waals surface area contributed by atoms with Crippen LogP contribution in [0.3, 0.4) is 0 Å². The molecule has 0 atom stereocenters. The molecule has 2 rings (SSSR count). The molecule has 0 spiro atoms. The van der Waals surface area contributed by atoms with E-state index < -0.39 is 10.0 Å². The fraction of sp³-hybridized carbons (Fsp3) is 0.235. The van der Waals surface area contributed by atoms with Gasteiger partial charge in [-0.15, -0.1) is 0 Å². The predicted octanol–water partition coefficient (Wildman–Crippen LogP) is 3.02. The summed E-state index contributed by atoms with van der Waals surface area (Å²) in [5.41, 5.74) is 1.74. The van der Waals surface area contributed by atoms with Crippen molar-refractivity contribution in [3.05, 3.63) is 48.0 Å². The predicted molar refractivity (Wildman–Crippen MR) is 93.9 cm³/mol. The average molecular weight is 348 g/mol. The van der Waals surface area contributed by atoms with E-state index >= 15 is 0 Å². The Kier molecular flexibility index (Phi) is 5.46. The van der Waals surface area contributed by atoms with Crippen molar-refractivity contribution in [3.63, 3.8) is 0 Å². The second kappa shape index (κ2) is 7.35. The summed E-state index contributed by atoms with van der Waals surface area (Å²) in [4.78, 5) is 11.3. The molecule has 128 valence electrons. The van der Waals surface area contributed by atoms with E-state index in [9.17, 15) is 13.2 Å². The summed E-state index contributed by atoms with van der Waals surface area (Å²) in [7, 11) is -2.34. The van der Waals surface area contributed by atoms with E-state index in [4.69, 9.17) is 4.74 Å². The molecule has 0 heterocycles. The minimum absolute atomic E-state index is 0.0398. The number of methoxy groups -OCH3 is 1. The Balaban J connectivity index is 2.40. The number of ether oxygens (including phenoxy) is 1. The monoisotopic (exact) mass is 348 g/mol. The molecular weight excluding hydrogens is 328 g/mol. The van der Waals surface area contributed by atoms with E-state index in [-0.39, 0.29) is 10.8 Å². The Morgan fingerprint density at radius 1 is 1.12 bits per heavy atom. The number of benzene rings is 2. The molecule has 0 aliphatic rings. The zero-order chi connectivity index (χ0) is 17.7. The van der Waals surface area contributed by atoms with Crippen molar-refractivity contribution < 1.29 is 17.9 Å². The van der Waals surface area contributed by atoms with Crippen LogP contribution in [0.25, 0.3) is 0 Å². The highest BCUT2D eigenvalue weighted by atomic mass is 32.2. The number of nitrogens with one attached hydrogen (secondary N) is 2. The maximum Gasteiger partial charge on any atom is 0.261 e. The SMILES string of the molecule is CCc1ccccc1NS(=O)(=O)c1ccc(OC)c(NC(C)=O)c1. The number of sulfonamides is 1. The van der Waals surface area contributed by atoms with Crippen LogP contribution >= 0.6 is 0 Å². The van der Waals surface area contributed by atoms with E-state index in [0.717, 1.165) is 5.56 Å². The molecule has 0 aromatic heterocycles. The van der Waals surface area contributed by atoms with Crippen LogP contribution in [0.1, 0.15) is 19.4 Å². The second-order valence-electron chi connectivity index (χ2n) is 5.16. The Bertz CT molecular complexity index is 847. The summed E-state index contributed by atoms with van der Waals surface area (Å²) in [5, 5.41) is 2.57. The largest absolute Gasteiger partial charge is 0.495 e. The summed E-state index contributed by atoms with van der Waals surface area (Å²) in [5.74, 6) is 0.0743. The van der Waals surface area contributed by atoms with Gasteiger partial charge in [0.05, 0.1) is 23.4 Å². The number of rotatable bonds is 6. The van der Waals surface area contributed by atoms with Crippen molar-refractivity contribution in [1.29, 1.82) is 0 Å². The molecule has 0 unspecified atom stereocenters. The summed E-state index contributed by atoms with van der Waals surface area (Å²) in [6.07, 6.45) is 0.707. The van der Waals surface area contributed by atoms with Gasteiger partial charge < -0.3 is 10.1 Å². The Morgan fingerprint density at radius 2 is 1.83 bits per heavy atom. The quantitative estimate of drug-likeness (QED) is 0.840. The molecule has 24 heavy (non-hydrogen) atoms. The highest BCUT2D eigenvalue weighted by molar-refractivity contribution is 7.92. The van der Waals surface area contributed by atoms with Crippen molar-refractivity contribution in [2.24, 2.45) is 0 Å². The molecule has 2 aromatic rings. The fourth-order valence-corrected chi connectivity index (χ4v) is 3.40. The highest BCUT2D eigenvalue weighted by Crippen LogP contribution is 2.29. The number of carbonyl (C=O) groups excluding carboxylic acids is 1. The Morgan fingerprint density at radius 3 is 2.46 bits per heavy atom. The number of hydrogen-bond acceptors (Lipinski definition) is 4. The Hall–Kier alpha value is -2.54. The molecule has 0 aliphatic heterocycles. The van der Waals surface area contributed by atoms with Crippen LogP contribution in [-0.2, 0) is 21.2 Å². The summed E-state index contributed by atoms with van der Waals surface area (Å²) in [6, 6.07) is 11.5. The molecule has 0 fully saturated rings. The first-order valence-electron chi connectivity index (χ1n) is 7.43. The van der Waals surface area contributed by atoms with E-state index in [2.05, 4.69) is 10.0 Å². The van der Waals surface area contributed by atoms with Gasteiger partial charge in [-0.3, -0.25) is 9.52 Å². The van der Waals surface area contributed by atoms with Gasteiger partial charge in [0.25, 0.3) is 10.0 Å². The van der Waals surface area contributed by atoms with E-state index in [1.807, 2.05) is 19.1 Å².